The molecule has 1 aromatic rings. The quantitative estimate of drug-likeness (QED) is 0.873. The van der Waals surface area contributed by atoms with Gasteiger partial charge in [-0.25, -0.2) is 4.39 Å². The van der Waals surface area contributed by atoms with E-state index in [0.717, 1.165) is 25.7 Å². The first kappa shape index (κ1) is 17.4. The first-order valence-corrected chi connectivity index (χ1v) is 7.26. The lowest BCUT2D eigenvalue weighted by atomic mass is 9.90. The molecule has 1 aliphatic rings. The first-order chi connectivity index (χ1) is 8.99. The van der Waals surface area contributed by atoms with Crippen LogP contribution in [0.15, 0.2) is 22.7 Å². The number of carbonyl (C=O) groups is 1. The molecular weight excluding hydrogens is 347 g/mol. The number of halogens is 3. The van der Waals surface area contributed by atoms with E-state index in [1.54, 1.807) is 11.9 Å². The summed E-state index contributed by atoms with van der Waals surface area (Å²) in [6, 6.07) is 4.86. The van der Waals surface area contributed by atoms with E-state index in [1.165, 1.54) is 18.2 Å². The summed E-state index contributed by atoms with van der Waals surface area (Å²) in [6.45, 7) is 0. The van der Waals surface area contributed by atoms with Gasteiger partial charge in [-0.15, -0.1) is 12.4 Å². The van der Waals surface area contributed by atoms with Crippen molar-refractivity contribution < 1.29 is 9.18 Å². The zero-order chi connectivity index (χ0) is 14.0. The number of amides is 1. The van der Waals surface area contributed by atoms with Crippen molar-refractivity contribution in [2.24, 2.45) is 5.73 Å². The fourth-order valence-electron chi connectivity index (χ4n) is 2.49. The molecule has 1 fully saturated rings. The lowest BCUT2D eigenvalue weighted by Gasteiger charge is -2.33. The molecule has 0 bridgehead atoms. The normalized spacial score (nSPS) is 22.0. The summed E-state index contributed by atoms with van der Waals surface area (Å²) < 4.78 is 13.5. The van der Waals surface area contributed by atoms with Gasteiger partial charge in [0.1, 0.15) is 5.82 Å². The summed E-state index contributed by atoms with van der Waals surface area (Å²) in [5.41, 5.74) is 6.37. The standard InChI is InChI=1S/C14H18BrFN2O.ClH/c1-18(11-5-3-10(17)4-6-11)14(19)9-2-7-13(16)12(15)8-9;/h2,7-8,10-11H,3-6,17H2,1H3;1H. The van der Waals surface area contributed by atoms with Crippen LogP contribution in [0.1, 0.15) is 36.0 Å². The molecule has 0 saturated heterocycles. The third-order valence-corrected chi connectivity index (χ3v) is 4.38. The van der Waals surface area contributed by atoms with E-state index in [2.05, 4.69) is 15.9 Å². The van der Waals surface area contributed by atoms with E-state index >= 15 is 0 Å². The molecule has 1 saturated carbocycles. The lowest BCUT2D eigenvalue weighted by molar-refractivity contribution is 0.0690. The second-order valence-corrected chi connectivity index (χ2v) is 5.97. The Morgan fingerprint density at radius 3 is 2.50 bits per heavy atom. The van der Waals surface area contributed by atoms with Crippen molar-refractivity contribution in [3.8, 4) is 0 Å². The van der Waals surface area contributed by atoms with Gasteiger partial charge in [0.15, 0.2) is 0 Å². The monoisotopic (exact) mass is 364 g/mol. The molecule has 1 aliphatic carbocycles. The van der Waals surface area contributed by atoms with Gasteiger partial charge < -0.3 is 10.6 Å². The number of nitrogens with two attached hydrogens (primary N) is 1. The molecule has 6 heteroatoms. The summed E-state index contributed by atoms with van der Waals surface area (Å²) in [7, 11) is 1.81. The minimum absolute atomic E-state index is 0. The van der Waals surface area contributed by atoms with Gasteiger partial charge in [0.25, 0.3) is 5.91 Å². The Hall–Kier alpha value is -0.650. The Bertz CT molecular complexity index is 478. The van der Waals surface area contributed by atoms with Crippen molar-refractivity contribution in [1.82, 2.24) is 4.90 Å². The van der Waals surface area contributed by atoms with Crippen LogP contribution in [-0.2, 0) is 0 Å². The highest BCUT2D eigenvalue weighted by molar-refractivity contribution is 9.10. The molecule has 0 radical (unpaired) electrons. The van der Waals surface area contributed by atoms with Gasteiger partial charge in [-0.05, 0) is 59.8 Å². The molecule has 2 N–H and O–H groups in total. The fourth-order valence-corrected chi connectivity index (χ4v) is 2.87. The minimum atomic E-state index is -0.358. The number of hydrogen-bond donors (Lipinski definition) is 1. The Labute approximate surface area is 133 Å². The highest BCUT2D eigenvalue weighted by atomic mass is 79.9. The predicted molar refractivity (Wildman–Crippen MR) is 83.7 cm³/mol. The van der Waals surface area contributed by atoms with Gasteiger partial charge in [0.05, 0.1) is 4.47 Å². The molecule has 0 aliphatic heterocycles. The van der Waals surface area contributed by atoms with Crippen LogP contribution in [0.4, 0.5) is 4.39 Å². The molecule has 0 unspecified atom stereocenters. The zero-order valence-electron chi connectivity index (χ0n) is 11.3. The van der Waals surface area contributed by atoms with E-state index in [4.69, 9.17) is 5.73 Å². The predicted octanol–water partition coefficient (Wildman–Crippen LogP) is 3.35. The van der Waals surface area contributed by atoms with Gasteiger partial charge in [0.2, 0.25) is 0 Å². The molecule has 2 rings (SSSR count). The van der Waals surface area contributed by atoms with Gasteiger partial charge >= 0.3 is 0 Å². The summed E-state index contributed by atoms with van der Waals surface area (Å²) in [5, 5.41) is 0. The molecule has 1 amide bonds. The van der Waals surface area contributed by atoms with E-state index in [0.29, 0.717) is 10.0 Å². The van der Waals surface area contributed by atoms with Crippen molar-refractivity contribution in [1.29, 1.82) is 0 Å². The fraction of sp³-hybridized carbons (Fsp3) is 0.500. The first-order valence-electron chi connectivity index (χ1n) is 6.47. The van der Waals surface area contributed by atoms with Gasteiger partial charge in [-0.3, -0.25) is 4.79 Å². The third-order valence-electron chi connectivity index (χ3n) is 3.78. The van der Waals surface area contributed by atoms with Crippen LogP contribution in [0.2, 0.25) is 0 Å². The molecule has 0 atom stereocenters. The SMILES string of the molecule is CN(C(=O)c1ccc(F)c(Br)c1)C1CCC(N)CC1.Cl. The second kappa shape index (κ2) is 7.38. The minimum Gasteiger partial charge on any atom is -0.339 e. The topological polar surface area (TPSA) is 46.3 Å². The largest absolute Gasteiger partial charge is 0.339 e. The van der Waals surface area contributed by atoms with Crippen LogP contribution in [0.25, 0.3) is 0 Å². The maximum atomic E-state index is 13.2. The Kier molecular flexibility index (Phi) is 6.43. The van der Waals surface area contributed by atoms with Crippen molar-refractivity contribution in [2.45, 2.75) is 37.8 Å². The highest BCUT2D eigenvalue weighted by Gasteiger charge is 2.25. The average Bonchev–Trinajstić information content (AvgIpc) is 2.41. The molecule has 20 heavy (non-hydrogen) atoms. The highest BCUT2D eigenvalue weighted by Crippen LogP contribution is 2.24. The molecule has 0 spiro atoms. The van der Waals surface area contributed by atoms with Crippen molar-refractivity contribution >= 4 is 34.2 Å². The van der Waals surface area contributed by atoms with Crippen LogP contribution >= 0.6 is 28.3 Å². The summed E-state index contributed by atoms with van der Waals surface area (Å²) in [4.78, 5) is 14.1. The summed E-state index contributed by atoms with van der Waals surface area (Å²) >= 11 is 3.11. The average molecular weight is 366 g/mol. The summed E-state index contributed by atoms with van der Waals surface area (Å²) in [5.74, 6) is -0.427. The number of hydrogen-bond acceptors (Lipinski definition) is 2. The molecule has 0 aromatic heterocycles. The van der Waals surface area contributed by atoms with E-state index in [-0.39, 0.29) is 36.2 Å². The van der Waals surface area contributed by atoms with Crippen LogP contribution in [0, 0.1) is 5.82 Å². The number of nitrogens with zero attached hydrogens (tertiary/aromatic N) is 1. The number of rotatable bonds is 2. The zero-order valence-corrected chi connectivity index (χ0v) is 13.7. The van der Waals surface area contributed by atoms with Crippen LogP contribution in [0.5, 0.6) is 0 Å². The Morgan fingerprint density at radius 2 is 1.95 bits per heavy atom. The number of carbonyl (C=O) groups excluding carboxylic acids is 1. The molecule has 1 aromatic carbocycles. The smallest absolute Gasteiger partial charge is 0.253 e. The van der Waals surface area contributed by atoms with Crippen molar-refractivity contribution in [3.63, 3.8) is 0 Å². The lowest BCUT2D eigenvalue weighted by Crippen LogP contribution is -2.41. The maximum Gasteiger partial charge on any atom is 0.253 e. The van der Waals surface area contributed by atoms with Crippen molar-refractivity contribution in [2.75, 3.05) is 7.05 Å². The van der Waals surface area contributed by atoms with E-state index < -0.39 is 0 Å². The van der Waals surface area contributed by atoms with Crippen molar-refractivity contribution in [3.05, 3.63) is 34.1 Å². The van der Waals surface area contributed by atoms with E-state index in [9.17, 15) is 9.18 Å². The Balaban J connectivity index is 0.00000200. The van der Waals surface area contributed by atoms with E-state index in [1.807, 2.05) is 0 Å². The second-order valence-electron chi connectivity index (χ2n) is 5.11. The van der Waals surface area contributed by atoms with Crippen LogP contribution in [-0.4, -0.2) is 29.9 Å². The van der Waals surface area contributed by atoms with Crippen LogP contribution in [0.3, 0.4) is 0 Å². The third kappa shape index (κ3) is 3.93. The maximum absolute atomic E-state index is 13.2. The molecule has 3 nitrogen and oxygen atoms in total. The van der Waals surface area contributed by atoms with Crippen LogP contribution < -0.4 is 5.73 Å². The number of benzene rings is 1. The molecular formula is C14H19BrClFN2O. The van der Waals surface area contributed by atoms with Gasteiger partial charge in [0, 0.05) is 24.7 Å². The summed E-state index contributed by atoms with van der Waals surface area (Å²) in [6.07, 6.45) is 3.78. The Morgan fingerprint density at radius 1 is 1.35 bits per heavy atom. The van der Waals surface area contributed by atoms with Gasteiger partial charge in [-0.2, -0.15) is 0 Å². The molecule has 112 valence electrons. The van der Waals surface area contributed by atoms with Gasteiger partial charge in [-0.1, -0.05) is 0 Å². The molecule has 0 heterocycles.